The molecule has 2 heterocycles. The number of nitrogens with one attached hydrogen (secondary N) is 1. The number of carbonyl (C=O) groups excluding carboxylic acids is 1. The van der Waals surface area contributed by atoms with Gasteiger partial charge < -0.3 is 15.8 Å². The quantitative estimate of drug-likeness (QED) is 0.840. The van der Waals surface area contributed by atoms with E-state index in [0.717, 1.165) is 11.3 Å². The standard InChI is InChI=1S/C13H14N4O2/c1-19-12-3-2-9(8-17-12)7-16-10-4-5-15-11(6-10)13(14)18/h2-6,8H,7H2,1H3,(H2,14,18)(H,15,16). The molecule has 19 heavy (non-hydrogen) atoms. The van der Waals surface area contributed by atoms with Gasteiger partial charge in [-0.15, -0.1) is 0 Å². The van der Waals surface area contributed by atoms with Crippen molar-refractivity contribution in [3.05, 3.63) is 47.9 Å². The zero-order chi connectivity index (χ0) is 13.7. The fourth-order valence-corrected chi connectivity index (χ4v) is 1.52. The number of rotatable bonds is 5. The Morgan fingerprint density at radius 2 is 2.21 bits per heavy atom. The minimum atomic E-state index is -0.547. The molecular weight excluding hydrogens is 244 g/mol. The summed E-state index contributed by atoms with van der Waals surface area (Å²) in [5.41, 5.74) is 7.18. The van der Waals surface area contributed by atoms with Gasteiger partial charge in [-0.05, 0) is 17.7 Å². The predicted molar refractivity (Wildman–Crippen MR) is 70.9 cm³/mol. The smallest absolute Gasteiger partial charge is 0.267 e. The van der Waals surface area contributed by atoms with E-state index in [1.165, 1.54) is 6.20 Å². The second kappa shape index (κ2) is 5.81. The first-order valence-corrected chi connectivity index (χ1v) is 5.67. The zero-order valence-electron chi connectivity index (χ0n) is 10.5. The second-order valence-corrected chi connectivity index (χ2v) is 3.86. The van der Waals surface area contributed by atoms with Gasteiger partial charge in [0.1, 0.15) is 5.69 Å². The minimum absolute atomic E-state index is 0.234. The Balaban J connectivity index is 2.01. The van der Waals surface area contributed by atoms with Gasteiger partial charge in [0.05, 0.1) is 7.11 Å². The van der Waals surface area contributed by atoms with Crippen LogP contribution in [0.25, 0.3) is 0 Å². The minimum Gasteiger partial charge on any atom is -0.481 e. The molecule has 0 saturated heterocycles. The maximum atomic E-state index is 11.0. The molecule has 0 spiro atoms. The first-order valence-electron chi connectivity index (χ1n) is 5.67. The lowest BCUT2D eigenvalue weighted by Gasteiger charge is -2.07. The first kappa shape index (κ1) is 12.8. The van der Waals surface area contributed by atoms with Crippen LogP contribution in [0, 0.1) is 0 Å². The topological polar surface area (TPSA) is 90.1 Å². The molecule has 2 aromatic rings. The molecule has 0 bridgehead atoms. The summed E-state index contributed by atoms with van der Waals surface area (Å²) in [6, 6.07) is 7.08. The van der Waals surface area contributed by atoms with Crippen LogP contribution in [0.2, 0.25) is 0 Å². The Bertz CT molecular complexity index is 569. The van der Waals surface area contributed by atoms with Crippen LogP contribution >= 0.6 is 0 Å². The van der Waals surface area contributed by atoms with Crippen molar-refractivity contribution in [2.75, 3.05) is 12.4 Å². The van der Waals surface area contributed by atoms with E-state index < -0.39 is 5.91 Å². The molecule has 1 amide bonds. The van der Waals surface area contributed by atoms with E-state index in [9.17, 15) is 4.79 Å². The third-order valence-corrected chi connectivity index (χ3v) is 2.52. The van der Waals surface area contributed by atoms with Gasteiger partial charge in [0.25, 0.3) is 5.91 Å². The van der Waals surface area contributed by atoms with E-state index in [0.29, 0.717) is 12.4 Å². The molecule has 0 saturated carbocycles. The molecule has 0 aromatic carbocycles. The summed E-state index contributed by atoms with van der Waals surface area (Å²) in [7, 11) is 1.57. The molecule has 3 N–H and O–H groups in total. The van der Waals surface area contributed by atoms with E-state index in [-0.39, 0.29) is 5.69 Å². The highest BCUT2D eigenvalue weighted by Crippen LogP contribution is 2.11. The van der Waals surface area contributed by atoms with Gasteiger partial charge in [-0.25, -0.2) is 4.98 Å². The van der Waals surface area contributed by atoms with Gasteiger partial charge in [-0.3, -0.25) is 9.78 Å². The van der Waals surface area contributed by atoms with Crippen LogP contribution in [-0.4, -0.2) is 23.0 Å². The van der Waals surface area contributed by atoms with E-state index in [1.807, 2.05) is 6.07 Å². The number of primary amides is 1. The molecule has 6 heteroatoms. The summed E-state index contributed by atoms with van der Waals surface area (Å²) in [6.07, 6.45) is 3.26. The van der Waals surface area contributed by atoms with Crippen LogP contribution < -0.4 is 15.8 Å². The number of anilines is 1. The van der Waals surface area contributed by atoms with Gasteiger partial charge >= 0.3 is 0 Å². The summed E-state index contributed by atoms with van der Waals surface area (Å²) in [5, 5.41) is 3.17. The molecule has 0 aliphatic heterocycles. The third-order valence-electron chi connectivity index (χ3n) is 2.52. The van der Waals surface area contributed by atoms with E-state index >= 15 is 0 Å². The number of amides is 1. The maximum Gasteiger partial charge on any atom is 0.267 e. The summed E-state index contributed by atoms with van der Waals surface area (Å²) < 4.78 is 4.98. The van der Waals surface area contributed by atoms with Crippen LogP contribution in [0.5, 0.6) is 5.88 Å². The SMILES string of the molecule is COc1ccc(CNc2ccnc(C(N)=O)c2)cn1. The number of carbonyl (C=O) groups is 1. The monoisotopic (exact) mass is 258 g/mol. The molecule has 2 rings (SSSR count). The number of hydrogen-bond acceptors (Lipinski definition) is 5. The normalized spacial score (nSPS) is 9.95. The van der Waals surface area contributed by atoms with E-state index in [4.69, 9.17) is 10.5 Å². The molecule has 0 fully saturated rings. The van der Waals surface area contributed by atoms with E-state index in [1.54, 1.807) is 31.5 Å². The number of aromatic nitrogens is 2. The Hall–Kier alpha value is -2.63. The highest BCUT2D eigenvalue weighted by molar-refractivity contribution is 5.91. The zero-order valence-corrected chi connectivity index (χ0v) is 10.5. The van der Waals surface area contributed by atoms with Crippen LogP contribution in [0.4, 0.5) is 5.69 Å². The van der Waals surface area contributed by atoms with Gasteiger partial charge in [0.2, 0.25) is 5.88 Å². The molecule has 0 aliphatic rings. The maximum absolute atomic E-state index is 11.0. The Morgan fingerprint density at radius 1 is 1.37 bits per heavy atom. The number of hydrogen-bond donors (Lipinski definition) is 2. The molecule has 98 valence electrons. The Labute approximate surface area is 110 Å². The molecule has 2 aromatic heterocycles. The van der Waals surface area contributed by atoms with Crippen molar-refractivity contribution in [3.63, 3.8) is 0 Å². The van der Waals surface area contributed by atoms with Crippen molar-refractivity contribution in [2.24, 2.45) is 5.73 Å². The lowest BCUT2D eigenvalue weighted by Crippen LogP contribution is -2.13. The van der Waals surface area contributed by atoms with Gasteiger partial charge in [-0.1, -0.05) is 6.07 Å². The fraction of sp³-hybridized carbons (Fsp3) is 0.154. The molecule has 0 aliphatic carbocycles. The largest absolute Gasteiger partial charge is 0.481 e. The average molecular weight is 258 g/mol. The number of nitrogens with zero attached hydrogens (tertiary/aromatic N) is 2. The van der Waals surface area contributed by atoms with Crippen molar-refractivity contribution in [1.29, 1.82) is 0 Å². The summed E-state index contributed by atoms with van der Waals surface area (Å²) in [4.78, 5) is 19.0. The highest BCUT2D eigenvalue weighted by Gasteiger charge is 2.03. The Morgan fingerprint density at radius 3 is 2.84 bits per heavy atom. The summed E-state index contributed by atoms with van der Waals surface area (Å²) >= 11 is 0. The molecule has 0 atom stereocenters. The summed E-state index contributed by atoms with van der Waals surface area (Å²) in [5.74, 6) is 0.0263. The predicted octanol–water partition coefficient (Wildman–Crippen LogP) is 1.20. The Kier molecular flexibility index (Phi) is 3.92. The van der Waals surface area contributed by atoms with Crippen molar-refractivity contribution in [1.82, 2.24) is 9.97 Å². The second-order valence-electron chi connectivity index (χ2n) is 3.86. The number of pyridine rings is 2. The molecule has 6 nitrogen and oxygen atoms in total. The van der Waals surface area contributed by atoms with Gasteiger partial charge in [-0.2, -0.15) is 0 Å². The number of methoxy groups -OCH3 is 1. The number of nitrogens with two attached hydrogens (primary N) is 1. The number of ether oxygens (including phenoxy) is 1. The average Bonchev–Trinajstić information content (AvgIpc) is 2.46. The van der Waals surface area contributed by atoms with Crippen molar-refractivity contribution in [2.45, 2.75) is 6.54 Å². The van der Waals surface area contributed by atoms with Crippen LogP contribution in [0.1, 0.15) is 16.1 Å². The van der Waals surface area contributed by atoms with Gasteiger partial charge in [0.15, 0.2) is 0 Å². The molecular formula is C13H14N4O2. The first-order chi connectivity index (χ1) is 9.19. The lowest BCUT2D eigenvalue weighted by atomic mass is 10.2. The van der Waals surface area contributed by atoms with Crippen molar-refractivity contribution < 1.29 is 9.53 Å². The fourth-order valence-electron chi connectivity index (χ4n) is 1.52. The van der Waals surface area contributed by atoms with Crippen LogP contribution in [0.15, 0.2) is 36.7 Å². The summed E-state index contributed by atoms with van der Waals surface area (Å²) in [6.45, 7) is 0.583. The molecule has 0 radical (unpaired) electrons. The lowest BCUT2D eigenvalue weighted by molar-refractivity contribution is 0.0995. The van der Waals surface area contributed by atoms with E-state index in [2.05, 4.69) is 15.3 Å². The molecule has 0 unspecified atom stereocenters. The van der Waals surface area contributed by atoms with Crippen LogP contribution in [-0.2, 0) is 6.54 Å². The third kappa shape index (κ3) is 3.41. The highest BCUT2D eigenvalue weighted by atomic mass is 16.5. The van der Waals surface area contributed by atoms with Crippen LogP contribution in [0.3, 0.4) is 0 Å². The van der Waals surface area contributed by atoms with Crippen molar-refractivity contribution in [3.8, 4) is 5.88 Å². The van der Waals surface area contributed by atoms with Crippen molar-refractivity contribution >= 4 is 11.6 Å². The van der Waals surface area contributed by atoms with Gasteiger partial charge in [0, 0.05) is 30.7 Å².